The predicted octanol–water partition coefficient (Wildman–Crippen LogP) is 6.44. The average Bonchev–Trinajstić information content (AvgIpc) is 2.89. The Morgan fingerprint density at radius 3 is 2.23 bits per heavy atom. The lowest BCUT2D eigenvalue weighted by Gasteiger charge is -2.39. The molecular formula is C31H26F3N3O3. The molecule has 2 amide bonds. The Balaban J connectivity index is 1.92. The maximum atomic E-state index is 14.1. The van der Waals surface area contributed by atoms with Crippen LogP contribution in [0, 0.1) is 31.1 Å². The molecule has 40 heavy (non-hydrogen) atoms. The van der Waals surface area contributed by atoms with E-state index in [2.05, 4.69) is 5.32 Å². The zero-order chi connectivity index (χ0) is 29.4. The van der Waals surface area contributed by atoms with Crippen molar-refractivity contribution in [3.63, 3.8) is 0 Å². The zero-order valence-electron chi connectivity index (χ0n) is 22.3. The van der Waals surface area contributed by atoms with E-state index < -0.39 is 41.2 Å². The molecule has 0 fully saturated rings. The minimum atomic E-state index is -4.67. The number of rotatable bonds is 5. The molecule has 0 aromatic heterocycles. The van der Waals surface area contributed by atoms with Gasteiger partial charge in [-0.2, -0.15) is 18.4 Å². The van der Waals surface area contributed by atoms with Crippen LogP contribution in [0.3, 0.4) is 0 Å². The maximum Gasteiger partial charge on any atom is 0.416 e. The van der Waals surface area contributed by atoms with Crippen LogP contribution in [0.1, 0.15) is 47.6 Å². The molecule has 0 saturated heterocycles. The van der Waals surface area contributed by atoms with E-state index in [1.165, 1.54) is 38.1 Å². The summed E-state index contributed by atoms with van der Waals surface area (Å²) in [6, 6.07) is 17.7. The molecule has 0 aliphatic carbocycles. The number of carbonyl (C=O) groups is 3. The van der Waals surface area contributed by atoms with E-state index in [0.29, 0.717) is 16.8 Å². The molecule has 0 spiro atoms. The Morgan fingerprint density at radius 1 is 0.975 bits per heavy atom. The van der Waals surface area contributed by atoms with E-state index in [9.17, 15) is 32.8 Å². The molecule has 2 unspecified atom stereocenters. The van der Waals surface area contributed by atoms with Crippen LogP contribution in [0.15, 0.2) is 78.0 Å². The summed E-state index contributed by atoms with van der Waals surface area (Å²) in [5, 5.41) is 12.0. The van der Waals surface area contributed by atoms with Crippen LogP contribution in [-0.2, 0) is 20.6 Å². The van der Waals surface area contributed by atoms with E-state index in [4.69, 9.17) is 0 Å². The number of alkyl halides is 3. The number of ketones is 1. The van der Waals surface area contributed by atoms with Gasteiger partial charge in [-0.1, -0.05) is 35.9 Å². The molecule has 1 aliphatic rings. The summed E-state index contributed by atoms with van der Waals surface area (Å²) in [7, 11) is 0. The first-order chi connectivity index (χ1) is 18.8. The van der Waals surface area contributed by atoms with Crippen molar-refractivity contribution in [2.45, 2.75) is 39.8 Å². The molecule has 204 valence electrons. The largest absolute Gasteiger partial charge is 0.416 e. The number of hydrogen-bond acceptors (Lipinski definition) is 4. The number of nitrogens with one attached hydrogen (secondary N) is 1. The van der Waals surface area contributed by atoms with E-state index in [0.717, 1.165) is 28.2 Å². The zero-order valence-corrected chi connectivity index (χ0v) is 22.3. The highest BCUT2D eigenvalue weighted by molar-refractivity contribution is 6.17. The highest BCUT2D eigenvalue weighted by atomic mass is 19.4. The molecule has 1 N–H and O–H groups in total. The molecule has 2 atom stereocenters. The molecular weight excluding hydrogens is 519 g/mol. The van der Waals surface area contributed by atoms with Crippen LogP contribution in [0.4, 0.5) is 24.5 Å². The van der Waals surface area contributed by atoms with Crippen LogP contribution < -0.4 is 10.2 Å². The Hall–Kier alpha value is -4.71. The first kappa shape index (κ1) is 28.3. The molecule has 6 nitrogen and oxygen atoms in total. The smallest absolute Gasteiger partial charge is 0.325 e. The summed E-state index contributed by atoms with van der Waals surface area (Å²) in [4.78, 5) is 42.1. The fourth-order valence-corrected chi connectivity index (χ4v) is 5.13. The van der Waals surface area contributed by atoms with Crippen molar-refractivity contribution in [3.05, 3.63) is 106 Å². The Labute approximate surface area is 229 Å². The van der Waals surface area contributed by atoms with Crippen molar-refractivity contribution in [1.82, 2.24) is 0 Å². The SMILES string of the molecule is CC(=O)C1=C(C)N(c2cccc(C(F)(F)F)c2)C(=O)C(C(=O)Nc2ccc(C)cc2C)C1c1ccc(C#N)cc1. The van der Waals surface area contributed by atoms with Crippen molar-refractivity contribution < 1.29 is 27.6 Å². The Kier molecular flexibility index (Phi) is 7.65. The minimum absolute atomic E-state index is 0.112. The number of carbonyl (C=O) groups excluding carboxylic acids is 3. The fourth-order valence-electron chi connectivity index (χ4n) is 5.13. The van der Waals surface area contributed by atoms with Crippen molar-refractivity contribution in [1.29, 1.82) is 5.26 Å². The van der Waals surface area contributed by atoms with Gasteiger partial charge in [0.05, 0.1) is 17.2 Å². The predicted molar refractivity (Wildman–Crippen MR) is 144 cm³/mol. The molecule has 3 aromatic carbocycles. The number of halogens is 3. The summed E-state index contributed by atoms with van der Waals surface area (Å²) >= 11 is 0. The summed E-state index contributed by atoms with van der Waals surface area (Å²) in [6.45, 7) is 6.45. The standard InChI is InChI=1S/C31H26F3N3O3/c1-17-8-13-25(18(2)14-17)36-29(39)28-27(22-11-9-21(16-35)10-12-22)26(20(4)38)19(3)37(30(28)40)24-7-5-6-23(15-24)31(32,33)34/h5-15,27-28H,1-4H3,(H,36,39). The number of anilines is 2. The molecule has 1 aliphatic heterocycles. The number of aryl methyl sites for hydroxylation is 2. The second-order valence-corrected chi connectivity index (χ2v) is 9.77. The van der Waals surface area contributed by atoms with Crippen molar-refractivity contribution in [2.75, 3.05) is 10.2 Å². The van der Waals surface area contributed by atoms with Gasteiger partial charge < -0.3 is 5.32 Å². The van der Waals surface area contributed by atoms with Gasteiger partial charge in [0.2, 0.25) is 11.8 Å². The van der Waals surface area contributed by atoms with Gasteiger partial charge in [0.15, 0.2) is 5.78 Å². The number of allylic oxidation sites excluding steroid dienone is 2. The van der Waals surface area contributed by atoms with Gasteiger partial charge in [-0.05, 0) is 75.2 Å². The second-order valence-electron chi connectivity index (χ2n) is 9.77. The molecule has 1 heterocycles. The normalized spacial score (nSPS) is 17.4. The third-order valence-corrected chi connectivity index (χ3v) is 6.99. The van der Waals surface area contributed by atoms with E-state index in [1.54, 1.807) is 31.2 Å². The lowest BCUT2D eigenvalue weighted by atomic mass is 9.74. The highest BCUT2D eigenvalue weighted by Gasteiger charge is 2.47. The van der Waals surface area contributed by atoms with E-state index in [-0.39, 0.29) is 17.0 Å². The summed E-state index contributed by atoms with van der Waals surface area (Å²) < 4.78 is 40.6. The molecule has 0 bridgehead atoms. The number of nitrogens with zero attached hydrogens (tertiary/aromatic N) is 2. The molecule has 9 heteroatoms. The summed E-state index contributed by atoms with van der Waals surface area (Å²) in [5.41, 5.74) is 2.12. The quantitative estimate of drug-likeness (QED) is 0.374. The van der Waals surface area contributed by atoms with Crippen molar-refractivity contribution >= 4 is 29.0 Å². The fraction of sp³-hybridized carbons (Fsp3) is 0.226. The van der Waals surface area contributed by atoms with Crippen LogP contribution in [-0.4, -0.2) is 17.6 Å². The number of Topliss-reactive ketones (excluding diaryl/α,β-unsaturated/α-hetero) is 1. The van der Waals surface area contributed by atoms with E-state index in [1.807, 2.05) is 19.1 Å². The van der Waals surface area contributed by atoms with Crippen LogP contribution >= 0.6 is 0 Å². The van der Waals surface area contributed by atoms with Gasteiger partial charge in [0.1, 0.15) is 5.92 Å². The molecule has 3 aromatic rings. The molecule has 0 radical (unpaired) electrons. The molecule has 4 rings (SSSR count). The van der Waals surface area contributed by atoms with Gasteiger partial charge >= 0.3 is 6.18 Å². The van der Waals surface area contributed by atoms with Crippen molar-refractivity contribution in [3.8, 4) is 6.07 Å². The monoisotopic (exact) mass is 545 g/mol. The second kappa shape index (κ2) is 10.8. The third kappa shape index (κ3) is 5.38. The van der Waals surface area contributed by atoms with Gasteiger partial charge in [-0.3, -0.25) is 19.3 Å². The van der Waals surface area contributed by atoms with Gasteiger partial charge in [-0.25, -0.2) is 0 Å². The number of hydrogen-bond donors (Lipinski definition) is 1. The van der Waals surface area contributed by atoms with Gasteiger partial charge in [-0.15, -0.1) is 0 Å². The minimum Gasteiger partial charge on any atom is -0.325 e. The third-order valence-electron chi connectivity index (χ3n) is 6.99. The van der Waals surface area contributed by atoms with Gasteiger partial charge in [0.25, 0.3) is 0 Å². The van der Waals surface area contributed by atoms with Crippen molar-refractivity contribution in [2.24, 2.45) is 5.92 Å². The summed E-state index contributed by atoms with van der Waals surface area (Å²) in [5.74, 6) is -4.47. The Bertz CT molecular complexity index is 1580. The topological polar surface area (TPSA) is 90.3 Å². The average molecular weight is 546 g/mol. The number of amides is 2. The first-order valence-electron chi connectivity index (χ1n) is 12.4. The first-order valence-corrected chi connectivity index (χ1v) is 12.4. The summed E-state index contributed by atoms with van der Waals surface area (Å²) in [6.07, 6.45) is -4.67. The Morgan fingerprint density at radius 2 is 1.65 bits per heavy atom. The van der Waals surface area contributed by atoms with Crippen LogP contribution in [0.5, 0.6) is 0 Å². The lowest BCUT2D eigenvalue weighted by Crippen LogP contribution is -2.49. The maximum absolute atomic E-state index is 14.1. The lowest BCUT2D eigenvalue weighted by molar-refractivity contribution is -0.138. The van der Waals surface area contributed by atoms with Crippen LogP contribution in [0.25, 0.3) is 0 Å². The number of benzene rings is 3. The van der Waals surface area contributed by atoms with E-state index >= 15 is 0 Å². The van der Waals surface area contributed by atoms with Gasteiger partial charge in [0, 0.05) is 28.6 Å². The number of nitriles is 1. The molecule has 0 saturated carbocycles. The highest BCUT2D eigenvalue weighted by Crippen LogP contribution is 2.44. The van der Waals surface area contributed by atoms with Crippen LogP contribution in [0.2, 0.25) is 0 Å².